The number of morpholine rings is 1. The molecule has 2 amide bonds. The van der Waals surface area contributed by atoms with Crippen molar-refractivity contribution in [2.75, 3.05) is 19.7 Å². The molecule has 0 aromatic heterocycles. The number of amides is 2. The van der Waals surface area contributed by atoms with E-state index in [4.69, 9.17) is 4.74 Å². The molecule has 1 saturated heterocycles. The van der Waals surface area contributed by atoms with E-state index in [1.54, 1.807) is 0 Å². The monoisotopic (exact) mass is 332 g/mol. The Balaban J connectivity index is 2.02. The molecule has 1 aromatic rings. The lowest BCUT2D eigenvalue weighted by Gasteiger charge is -2.38. The van der Waals surface area contributed by atoms with Crippen molar-refractivity contribution in [2.45, 2.75) is 46.8 Å². The molecule has 1 fully saturated rings. The number of nitrogens with zero attached hydrogens (tertiary/aromatic N) is 1. The van der Waals surface area contributed by atoms with Gasteiger partial charge in [0.2, 0.25) is 11.8 Å². The van der Waals surface area contributed by atoms with Crippen LogP contribution in [0, 0.1) is 12.3 Å². The van der Waals surface area contributed by atoms with Crippen molar-refractivity contribution in [3.8, 4) is 0 Å². The standard InChI is InChI=1S/C19H28N2O3/c1-13-8-6-7-9-15(13)16-11-21(14(2)12-24-16)17(22)10-20-18(23)19(3,4)5/h6-9,14,16H,10-12H2,1-5H3,(H,20,23)/t14-,16+/m0/s1. The fraction of sp³-hybridized carbons (Fsp3) is 0.579. The Morgan fingerprint density at radius 2 is 1.96 bits per heavy atom. The Labute approximate surface area is 144 Å². The van der Waals surface area contributed by atoms with Crippen LogP contribution in [0.1, 0.15) is 44.9 Å². The van der Waals surface area contributed by atoms with Gasteiger partial charge in [-0.1, -0.05) is 45.0 Å². The molecule has 1 aromatic carbocycles. The van der Waals surface area contributed by atoms with Crippen LogP contribution in [0.25, 0.3) is 0 Å². The highest BCUT2D eigenvalue weighted by molar-refractivity contribution is 5.87. The lowest BCUT2D eigenvalue weighted by Crippen LogP contribution is -2.52. The second kappa shape index (κ2) is 7.34. The van der Waals surface area contributed by atoms with Gasteiger partial charge in [0.15, 0.2) is 0 Å². The van der Waals surface area contributed by atoms with E-state index in [1.165, 1.54) is 0 Å². The predicted octanol–water partition coefficient (Wildman–Crippen LogP) is 2.45. The van der Waals surface area contributed by atoms with E-state index in [1.807, 2.05) is 63.8 Å². The Kier molecular flexibility index (Phi) is 5.65. The number of hydrogen-bond donors (Lipinski definition) is 1. The summed E-state index contributed by atoms with van der Waals surface area (Å²) < 4.78 is 5.94. The highest BCUT2D eigenvalue weighted by Crippen LogP contribution is 2.27. The number of benzene rings is 1. The number of rotatable bonds is 3. The molecule has 0 spiro atoms. The lowest BCUT2D eigenvalue weighted by molar-refractivity contribution is -0.145. The van der Waals surface area contributed by atoms with Gasteiger partial charge >= 0.3 is 0 Å². The van der Waals surface area contributed by atoms with Crippen LogP contribution in [-0.2, 0) is 14.3 Å². The molecule has 5 heteroatoms. The minimum Gasteiger partial charge on any atom is -0.370 e. The molecular weight excluding hydrogens is 304 g/mol. The summed E-state index contributed by atoms with van der Waals surface area (Å²) >= 11 is 0. The highest BCUT2D eigenvalue weighted by Gasteiger charge is 2.31. The summed E-state index contributed by atoms with van der Waals surface area (Å²) in [5.41, 5.74) is 1.77. The third kappa shape index (κ3) is 4.35. The molecule has 0 aliphatic carbocycles. The molecule has 0 radical (unpaired) electrons. The SMILES string of the molecule is Cc1ccccc1[C@H]1CN(C(=O)CNC(=O)C(C)(C)C)[C@@H](C)CO1. The topological polar surface area (TPSA) is 58.6 Å². The van der Waals surface area contributed by atoms with Crippen LogP contribution in [0.2, 0.25) is 0 Å². The third-order valence-electron chi connectivity index (χ3n) is 4.37. The molecule has 0 bridgehead atoms. The van der Waals surface area contributed by atoms with Crippen molar-refractivity contribution in [1.82, 2.24) is 10.2 Å². The molecule has 132 valence electrons. The predicted molar refractivity (Wildman–Crippen MR) is 93.5 cm³/mol. The van der Waals surface area contributed by atoms with Crippen molar-refractivity contribution in [3.63, 3.8) is 0 Å². The largest absolute Gasteiger partial charge is 0.370 e. The molecule has 24 heavy (non-hydrogen) atoms. The fourth-order valence-corrected chi connectivity index (χ4v) is 2.76. The number of ether oxygens (including phenoxy) is 1. The molecule has 1 N–H and O–H groups in total. The zero-order valence-corrected chi connectivity index (χ0v) is 15.3. The molecule has 1 aliphatic heterocycles. The molecule has 2 rings (SSSR count). The second-order valence-electron chi connectivity index (χ2n) is 7.51. The number of nitrogens with one attached hydrogen (secondary N) is 1. The zero-order valence-electron chi connectivity index (χ0n) is 15.3. The molecule has 1 heterocycles. The van der Waals surface area contributed by atoms with Crippen molar-refractivity contribution in [2.24, 2.45) is 5.41 Å². The first kappa shape index (κ1) is 18.5. The van der Waals surface area contributed by atoms with E-state index in [-0.39, 0.29) is 30.5 Å². The zero-order chi connectivity index (χ0) is 17.9. The summed E-state index contributed by atoms with van der Waals surface area (Å²) in [6.07, 6.45) is -0.121. The maximum atomic E-state index is 12.6. The number of carbonyl (C=O) groups excluding carboxylic acids is 2. The van der Waals surface area contributed by atoms with Crippen molar-refractivity contribution in [1.29, 1.82) is 0 Å². The Morgan fingerprint density at radius 1 is 1.29 bits per heavy atom. The fourth-order valence-electron chi connectivity index (χ4n) is 2.76. The number of carbonyl (C=O) groups is 2. The number of hydrogen-bond acceptors (Lipinski definition) is 3. The average Bonchev–Trinajstić information content (AvgIpc) is 2.52. The van der Waals surface area contributed by atoms with Gasteiger partial charge in [-0.15, -0.1) is 0 Å². The van der Waals surface area contributed by atoms with Crippen LogP contribution in [0.4, 0.5) is 0 Å². The van der Waals surface area contributed by atoms with Gasteiger partial charge in [0, 0.05) is 5.41 Å². The summed E-state index contributed by atoms with van der Waals surface area (Å²) in [5.74, 6) is -0.186. The van der Waals surface area contributed by atoms with Crippen molar-refractivity contribution in [3.05, 3.63) is 35.4 Å². The Bertz CT molecular complexity index is 607. The van der Waals surface area contributed by atoms with Crippen LogP contribution in [0.5, 0.6) is 0 Å². The first-order chi connectivity index (χ1) is 11.2. The van der Waals surface area contributed by atoms with Crippen LogP contribution < -0.4 is 5.32 Å². The van der Waals surface area contributed by atoms with E-state index in [0.717, 1.165) is 11.1 Å². The van der Waals surface area contributed by atoms with E-state index in [2.05, 4.69) is 5.32 Å². The third-order valence-corrected chi connectivity index (χ3v) is 4.37. The van der Waals surface area contributed by atoms with E-state index in [0.29, 0.717) is 13.2 Å². The second-order valence-corrected chi connectivity index (χ2v) is 7.51. The van der Waals surface area contributed by atoms with Crippen molar-refractivity contribution < 1.29 is 14.3 Å². The van der Waals surface area contributed by atoms with Gasteiger partial charge in [-0.2, -0.15) is 0 Å². The van der Waals surface area contributed by atoms with Crippen LogP contribution in [-0.4, -0.2) is 42.5 Å². The van der Waals surface area contributed by atoms with Gasteiger partial charge in [-0.05, 0) is 25.0 Å². The first-order valence-electron chi connectivity index (χ1n) is 8.45. The summed E-state index contributed by atoms with van der Waals surface area (Å²) in [6.45, 7) is 10.5. The molecule has 5 nitrogen and oxygen atoms in total. The maximum absolute atomic E-state index is 12.6. The minimum absolute atomic E-state index is 0.00399. The van der Waals surface area contributed by atoms with E-state index < -0.39 is 5.41 Å². The van der Waals surface area contributed by atoms with Gasteiger partial charge in [-0.3, -0.25) is 9.59 Å². The number of aryl methyl sites for hydroxylation is 1. The van der Waals surface area contributed by atoms with Gasteiger partial charge in [0.05, 0.1) is 25.7 Å². The molecule has 0 saturated carbocycles. The molecule has 2 atom stereocenters. The smallest absolute Gasteiger partial charge is 0.242 e. The van der Waals surface area contributed by atoms with Crippen LogP contribution >= 0.6 is 0 Å². The molecular formula is C19H28N2O3. The molecule has 0 unspecified atom stereocenters. The lowest BCUT2D eigenvalue weighted by atomic mass is 9.96. The quantitative estimate of drug-likeness (QED) is 0.925. The first-order valence-corrected chi connectivity index (χ1v) is 8.45. The molecule has 1 aliphatic rings. The maximum Gasteiger partial charge on any atom is 0.242 e. The minimum atomic E-state index is -0.499. The highest BCUT2D eigenvalue weighted by atomic mass is 16.5. The van der Waals surface area contributed by atoms with E-state index >= 15 is 0 Å². The average molecular weight is 332 g/mol. The van der Waals surface area contributed by atoms with Crippen LogP contribution in [0.15, 0.2) is 24.3 Å². The van der Waals surface area contributed by atoms with Gasteiger partial charge in [0.1, 0.15) is 6.10 Å². The van der Waals surface area contributed by atoms with Gasteiger partial charge in [0.25, 0.3) is 0 Å². The normalized spacial score (nSPS) is 21.5. The Hall–Kier alpha value is -1.88. The summed E-state index contributed by atoms with van der Waals surface area (Å²) in [6, 6.07) is 8.07. The summed E-state index contributed by atoms with van der Waals surface area (Å²) in [4.78, 5) is 26.3. The van der Waals surface area contributed by atoms with Crippen LogP contribution in [0.3, 0.4) is 0 Å². The summed E-state index contributed by atoms with van der Waals surface area (Å²) in [7, 11) is 0. The summed E-state index contributed by atoms with van der Waals surface area (Å²) in [5, 5.41) is 2.74. The van der Waals surface area contributed by atoms with E-state index in [9.17, 15) is 9.59 Å². The van der Waals surface area contributed by atoms with Gasteiger partial charge in [-0.25, -0.2) is 0 Å². The Morgan fingerprint density at radius 3 is 2.58 bits per heavy atom. The van der Waals surface area contributed by atoms with Crippen molar-refractivity contribution >= 4 is 11.8 Å². The van der Waals surface area contributed by atoms with Gasteiger partial charge < -0.3 is 15.0 Å².